The van der Waals surface area contributed by atoms with Crippen molar-refractivity contribution in [2.75, 3.05) is 0 Å². The van der Waals surface area contributed by atoms with Crippen LogP contribution in [0.15, 0.2) is 33.5 Å². The molecule has 0 amide bonds. The summed E-state index contributed by atoms with van der Waals surface area (Å²) in [6.45, 7) is 4.13. The van der Waals surface area contributed by atoms with Gasteiger partial charge in [-0.15, -0.1) is 0 Å². The van der Waals surface area contributed by atoms with E-state index in [0.29, 0.717) is 0 Å². The Hall–Kier alpha value is -0.740. The van der Waals surface area contributed by atoms with Gasteiger partial charge in [0.15, 0.2) is 0 Å². The Labute approximate surface area is 111 Å². The van der Waals surface area contributed by atoms with Crippen molar-refractivity contribution in [2.24, 2.45) is 0 Å². The molecule has 0 unspecified atom stereocenters. The first-order chi connectivity index (χ1) is 7.61. The van der Waals surface area contributed by atoms with Gasteiger partial charge >= 0.3 is 0 Å². The molecule has 0 spiro atoms. The highest BCUT2D eigenvalue weighted by Crippen LogP contribution is 2.32. The van der Waals surface area contributed by atoms with Crippen molar-refractivity contribution in [3.05, 3.63) is 44.6 Å². The molecule has 2 rings (SSSR count). The molecule has 0 saturated carbocycles. The zero-order valence-corrected chi connectivity index (χ0v) is 12.1. The lowest BCUT2D eigenvalue weighted by Gasteiger charge is -2.10. The molecule has 0 aliphatic rings. The van der Waals surface area contributed by atoms with Crippen LogP contribution in [0.2, 0.25) is 0 Å². The summed E-state index contributed by atoms with van der Waals surface area (Å²) in [5.41, 5.74) is 4.15. The predicted octanol–water partition coefficient (Wildman–Crippen LogP) is 4.29. The van der Waals surface area contributed by atoms with E-state index in [2.05, 4.69) is 55.7 Å². The summed E-state index contributed by atoms with van der Waals surface area (Å²) in [4.78, 5) is 8.83. The van der Waals surface area contributed by atoms with Crippen LogP contribution < -0.4 is 0 Å². The quantitative estimate of drug-likeness (QED) is 0.723. The standard InChI is InChI=1S/C12H10Br2N2/c1-7-8(2)11(16-12(14)10(7)13)9-5-3-4-6-15-9/h3-6H,1-2H3. The van der Waals surface area contributed by atoms with Crippen molar-refractivity contribution in [3.8, 4) is 11.4 Å². The molecule has 4 heteroatoms. The topological polar surface area (TPSA) is 25.8 Å². The second-order valence-electron chi connectivity index (χ2n) is 3.53. The van der Waals surface area contributed by atoms with Gasteiger partial charge in [-0.1, -0.05) is 6.07 Å². The number of hydrogen-bond donors (Lipinski definition) is 0. The molecular weight excluding hydrogens is 332 g/mol. The normalized spacial score (nSPS) is 10.5. The lowest BCUT2D eigenvalue weighted by molar-refractivity contribution is 1.14. The van der Waals surface area contributed by atoms with Crippen molar-refractivity contribution >= 4 is 31.9 Å². The van der Waals surface area contributed by atoms with Crippen LogP contribution in [0.5, 0.6) is 0 Å². The molecule has 16 heavy (non-hydrogen) atoms. The number of nitrogens with zero attached hydrogens (tertiary/aromatic N) is 2. The van der Waals surface area contributed by atoms with Gasteiger partial charge in [0.1, 0.15) is 4.60 Å². The van der Waals surface area contributed by atoms with Gasteiger partial charge in [0, 0.05) is 6.20 Å². The monoisotopic (exact) mass is 340 g/mol. The second kappa shape index (κ2) is 4.63. The van der Waals surface area contributed by atoms with Crippen molar-refractivity contribution in [3.63, 3.8) is 0 Å². The van der Waals surface area contributed by atoms with Gasteiger partial charge in [-0.2, -0.15) is 0 Å². The first kappa shape index (κ1) is 11.7. The SMILES string of the molecule is Cc1c(-c2ccccn2)nc(Br)c(Br)c1C. The minimum atomic E-state index is 0.816. The van der Waals surface area contributed by atoms with Crippen LogP contribution in [0.25, 0.3) is 11.4 Å². The summed E-state index contributed by atoms with van der Waals surface area (Å²) in [7, 11) is 0. The Kier molecular flexibility index (Phi) is 3.40. The Morgan fingerprint density at radius 1 is 1.06 bits per heavy atom. The second-order valence-corrected chi connectivity index (χ2v) is 5.07. The van der Waals surface area contributed by atoms with Crippen molar-refractivity contribution < 1.29 is 0 Å². The van der Waals surface area contributed by atoms with Crippen molar-refractivity contribution in [1.82, 2.24) is 9.97 Å². The van der Waals surface area contributed by atoms with E-state index in [4.69, 9.17) is 0 Å². The number of hydrogen-bond acceptors (Lipinski definition) is 2. The molecule has 2 heterocycles. The van der Waals surface area contributed by atoms with Gasteiger partial charge < -0.3 is 0 Å². The maximum Gasteiger partial charge on any atom is 0.121 e. The Bertz CT molecular complexity index is 524. The van der Waals surface area contributed by atoms with Crippen LogP contribution >= 0.6 is 31.9 Å². The molecule has 0 radical (unpaired) electrons. The molecular formula is C12H10Br2N2. The van der Waals surface area contributed by atoms with E-state index in [9.17, 15) is 0 Å². The highest BCUT2D eigenvalue weighted by Gasteiger charge is 2.12. The highest BCUT2D eigenvalue weighted by atomic mass is 79.9. The van der Waals surface area contributed by atoms with Crippen LogP contribution in [-0.4, -0.2) is 9.97 Å². The number of halogens is 2. The van der Waals surface area contributed by atoms with Crippen molar-refractivity contribution in [1.29, 1.82) is 0 Å². The van der Waals surface area contributed by atoms with Crippen LogP contribution in [0.3, 0.4) is 0 Å². The van der Waals surface area contributed by atoms with Crippen molar-refractivity contribution in [2.45, 2.75) is 13.8 Å². The smallest absolute Gasteiger partial charge is 0.121 e. The molecule has 0 aliphatic heterocycles. The molecule has 2 aromatic heterocycles. The summed E-state index contributed by atoms with van der Waals surface area (Å²) in [6, 6.07) is 5.84. The minimum Gasteiger partial charge on any atom is -0.255 e. The fourth-order valence-electron chi connectivity index (χ4n) is 1.48. The average molecular weight is 342 g/mol. The van der Waals surface area contributed by atoms with Gasteiger partial charge in [0.2, 0.25) is 0 Å². The van der Waals surface area contributed by atoms with Gasteiger partial charge in [-0.3, -0.25) is 4.98 Å². The summed E-state index contributed by atoms with van der Waals surface area (Å²) in [5, 5.41) is 0. The van der Waals surface area contributed by atoms with Crippen LogP contribution in [0.4, 0.5) is 0 Å². The van der Waals surface area contributed by atoms with E-state index in [1.807, 2.05) is 18.2 Å². The minimum absolute atomic E-state index is 0.816. The van der Waals surface area contributed by atoms with Crippen LogP contribution in [-0.2, 0) is 0 Å². The molecule has 0 bridgehead atoms. The fraction of sp³-hybridized carbons (Fsp3) is 0.167. The average Bonchev–Trinajstić information content (AvgIpc) is 2.32. The summed E-state index contributed by atoms with van der Waals surface area (Å²) in [6.07, 6.45) is 1.78. The van der Waals surface area contributed by atoms with Gasteiger partial charge in [0.25, 0.3) is 0 Å². The number of rotatable bonds is 1. The fourth-order valence-corrected chi connectivity index (χ4v) is 2.34. The lowest BCUT2D eigenvalue weighted by atomic mass is 10.1. The molecule has 0 saturated heterocycles. The Morgan fingerprint density at radius 2 is 1.81 bits per heavy atom. The van der Waals surface area contributed by atoms with E-state index in [-0.39, 0.29) is 0 Å². The summed E-state index contributed by atoms with van der Waals surface area (Å²) < 4.78 is 1.82. The van der Waals surface area contributed by atoms with E-state index in [1.165, 1.54) is 5.56 Å². The zero-order valence-electron chi connectivity index (χ0n) is 8.96. The molecule has 0 atom stereocenters. The maximum absolute atomic E-state index is 4.51. The van der Waals surface area contributed by atoms with E-state index in [0.717, 1.165) is 26.0 Å². The van der Waals surface area contributed by atoms with Crippen LogP contribution in [0, 0.1) is 13.8 Å². The van der Waals surface area contributed by atoms with Gasteiger partial charge in [-0.05, 0) is 69.0 Å². The Morgan fingerprint density at radius 3 is 2.44 bits per heavy atom. The third kappa shape index (κ3) is 2.04. The first-order valence-electron chi connectivity index (χ1n) is 4.85. The van der Waals surface area contributed by atoms with Gasteiger partial charge in [-0.25, -0.2) is 4.98 Å². The van der Waals surface area contributed by atoms with E-state index >= 15 is 0 Å². The van der Waals surface area contributed by atoms with Gasteiger partial charge in [0.05, 0.1) is 15.9 Å². The molecule has 0 N–H and O–H groups in total. The number of pyridine rings is 2. The number of aromatic nitrogens is 2. The summed E-state index contributed by atoms with van der Waals surface area (Å²) in [5.74, 6) is 0. The zero-order chi connectivity index (χ0) is 11.7. The van der Waals surface area contributed by atoms with E-state index < -0.39 is 0 Å². The first-order valence-corrected chi connectivity index (χ1v) is 6.43. The molecule has 0 aliphatic carbocycles. The third-order valence-electron chi connectivity index (χ3n) is 2.55. The largest absolute Gasteiger partial charge is 0.255 e. The van der Waals surface area contributed by atoms with Crippen LogP contribution in [0.1, 0.15) is 11.1 Å². The summed E-state index contributed by atoms with van der Waals surface area (Å²) >= 11 is 6.95. The molecule has 0 aromatic carbocycles. The molecule has 2 nitrogen and oxygen atoms in total. The Balaban J connectivity index is 2.68. The molecule has 82 valence electrons. The maximum atomic E-state index is 4.51. The molecule has 0 fully saturated rings. The predicted molar refractivity (Wildman–Crippen MR) is 72.3 cm³/mol. The lowest BCUT2D eigenvalue weighted by Crippen LogP contribution is -1.96. The van der Waals surface area contributed by atoms with E-state index in [1.54, 1.807) is 6.20 Å². The molecule has 2 aromatic rings. The highest BCUT2D eigenvalue weighted by molar-refractivity contribution is 9.13. The third-order valence-corrected chi connectivity index (χ3v) is 4.62.